The Labute approximate surface area is 96.9 Å². The first kappa shape index (κ1) is 12.6. The van der Waals surface area contributed by atoms with Crippen molar-refractivity contribution < 1.29 is 5.11 Å². The van der Waals surface area contributed by atoms with Crippen molar-refractivity contribution in [3.05, 3.63) is 29.3 Å². The van der Waals surface area contributed by atoms with E-state index in [0.717, 1.165) is 7.11 Å². The Morgan fingerprint density at radius 3 is 2.27 bits per heavy atom. The zero-order valence-electron chi connectivity index (χ0n) is 10.0. The van der Waals surface area contributed by atoms with E-state index in [-0.39, 0.29) is 0 Å². The number of aliphatic hydroxyl groups excluding tert-OH is 1. The van der Waals surface area contributed by atoms with Crippen molar-refractivity contribution >= 4 is 11.8 Å². The largest absolute Gasteiger partial charge is 0.400 e. The van der Waals surface area contributed by atoms with Crippen LogP contribution in [0.1, 0.15) is 30.9 Å². The molecule has 15 heavy (non-hydrogen) atoms. The molecule has 0 spiro atoms. The summed E-state index contributed by atoms with van der Waals surface area (Å²) in [6, 6.07) is 6.92. The Morgan fingerprint density at radius 1 is 1.27 bits per heavy atom. The summed E-state index contributed by atoms with van der Waals surface area (Å²) in [6.07, 6.45) is 4.87. The lowest BCUT2D eigenvalue weighted by Gasteiger charge is -2.11. The highest BCUT2D eigenvalue weighted by Crippen LogP contribution is 2.48. The maximum Gasteiger partial charge on any atom is 0.0319 e. The third kappa shape index (κ3) is 2.76. The van der Waals surface area contributed by atoms with Crippen LogP contribution in [0.2, 0.25) is 0 Å². The van der Waals surface area contributed by atoms with E-state index in [0.29, 0.717) is 5.41 Å². The molecule has 1 aliphatic carbocycles. The molecule has 1 fully saturated rings. The lowest BCUT2D eigenvalue weighted by Crippen LogP contribution is -1.99. The van der Waals surface area contributed by atoms with Crippen LogP contribution in [-0.2, 0) is 5.41 Å². The molecule has 1 N–H and O–H groups in total. The fourth-order valence-corrected chi connectivity index (χ4v) is 2.32. The fourth-order valence-electron chi connectivity index (χ4n) is 1.73. The second-order valence-electron chi connectivity index (χ2n) is 4.25. The van der Waals surface area contributed by atoms with Crippen LogP contribution in [0.4, 0.5) is 0 Å². The van der Waals surface area contributed by atoms with Crippen molar-refractivity contribution in [2.75, 3.05) is 13.4 Å². The minimum Gasteiger partial charge on any atom is -0.400 e. The van der Waals surface area contributed by atoms with E-state index < -0.39 is 0 Å². The topological polar surface area (TPSA) is 20.2 Å². The number of hydrogen-bond donors (Lipinski definition) is 1. The first-order valence-electron chi connectivity index (χ1n) is 5.25. The van der Waals surface area contributed by atoms with E-state index in [2.05, 4.69) is 38.3 Å². The van der Waals surface area contributed by atoms with E-state index in [1.54, 1.807) is 0 Å². The SMILES string of the molecule is CO.CSc1ccc(C2(C)CC2)cc1C. The van der Waals surface area contributed by atoms with E-state index in [4.69, 9.17) is 5.11 Å². The summed E-state index contributed by atoms with van der Waals surface area (Å²) < 4.78 is 0. The number of rotatable bonds is 2. The molecule has 0 aliphatic heterocycles. The zero-order chi connectivity index (χ0) is 11.5. The monoisotopic (exact) mass is 224 g/mol. The van der Waals surface area contributed by atoms with Gasteiger partial charge in [-0.25, -0.2) is 0 Å². The van der Waals surface area contributed by atoms with Crippen LogP contribution in [0.25, 0.3) is 0 Å². The van der Waals surface area contributed by atoms with Crippen molar-refractivity contribution in [2.24, 2.45) is 0 Å². The highest BCUT2D eigenvalue weighted by atomic mass is 32.2. The second-order valence-corrected chi connectivity index (χ2v) is 5.09. The average molecular weight is 224 g/mol. The molecule has 1 aromatic rings. The van der Waals surface area contributed by atoms with Crippen LogP contribution in [0.3, 0.4) is 0 Å². The maximum absolute atomic E-state index is 7.00. The van der Waals surface area contributed by atoms with E-state index >= 15 is 0 Å². The number of aryl methyl sites for hydroxylation is 1. The third-order valence-electron chi connectivity index (χ3n) is 3.09. The second kappa shape index (κ2) is 5.04. The Bertz CT molecular complexity index is 329. The molecule has 0 atom stereocenters. The van der Waals surface area contributed by atoms with Gasteiger partial charge in [0.25, 0.3) is 0 Å². The van der Waals surface area contributed by atoms with E-state index in [1.807, 2.05) is 11.8 Å². The molecule has 0 radical (unpaired) electrons. The molecule has 0 heterocycles. The Balaban J connectivity index is 0.000000531. The molecule has 0 bridgehead atoms. The summed E-state index contributed by atoms with van der Waals surface area (Å²) in [5, 5.41) is 7.00. The predicted molar refractivity (Wildman–Crippen MR) is 67.7 cm³/mol. The van der Waals surface area contributed by atoms with Gasteiger partial charge in [0.1, 0.15) is 0 Å². The average Bonchev–Trinajstić information content (AvgIpc) is 3.01. The zero-order valence-corrected chi connectivity index (χ0v) is 10.8. The molecule has 0 saturated heterocycles. The lowest BCUT2D eigenvalue weighted by molar-refractivity contribution is 0.399. The summed E-state index contributed by atoms with van der Waals surface area (Å²) in [7, 11) is 1.00. The van der Waals surface area contributed by atoms with Gasteiger partial charge in [-0.05, 0) is 48.6 Å². The van der Waals surface area contributed by atoms with Crippen molar-refractivity contribution in [1.82, 2.24) is 0 Å². The van der Waals surface area contributed by atoms with Crippen LogP contribution in [0.5, 0.6) is 0 Å². The standard InChI is InChI=1S/C12H16S.CH4O/c1-9-8-10(12(2)6-7-12)4-5-11(9)13-3;1-2/h4-5,8H,6-7H2,1-3H3;2H,1H3. The molecule has 1 aromatic carbocycles. The van der Waals surface area contributed by atoms with Gasteiger partial charge >= 0.3 is 0 Å². The van der Waals surface area contributed by atoms with Crippen molar-refractivity contribution in [3.8, 4) is 0 Å². The van der Waals surface area contributed by atoms with Crippen molar-refractivity contribution in [1.29, 1.82) is 0 Å². The number of benzene rings is 1. The quantitative estimate of drug-likeness (QED) is 0.777. The van der Waals surface area contributed by atoms with Crippen LogP contribution in [0, 0.1) is 6.92 Å². The van der Waals surface area contributed by atoms with Gasteiger partial charge in [0, 0.05) is 12.0 Å². The van der Waals surface area contributed by atoms with Crippen LogP contribution >= 0.6 is 11.8 Å². The maximum atomic E-state index is 7.00. The van der Waals surface area contributed by atoms with Gasteiger partial charge in [-0.2, -0.15) is 0 Å². The Hall–Kier alpha value is -0.470. The van der Waals surface area contributed by atoms with Gasteiger partial charge in [-0.15, -0.1) is 11.8 Å². The van der Waals surface area contributed by atoms with Crippen LogP contribution in [0.15, 0.2) is 23.1 Å². The molecule has 0 unspecified atom stereocenters. The highest BCUT2D eigenvalue weighted by molar-refractivity contribution is 7.98. The Morgan fingerprint density at radius 2 is 1.87 bits per heavy atom. The summed E-state index contributed by atoms with van der Waals surface area (Å²) in [6.45, 7) is 4.57. The molecule has 2 heteroatoms. The highest BCUT2D eigenvalue weighted by Gasteiger charge is 2.38. The molecule has 1 saturated carbocycles. The number of thioether (sulfide) groups is 1. The molecule has 1 aliphatic rings. The first-order chi connectivity index (χ1) is 7.15. The van der Waals surface area contributed by atoms with Gasteiger partial charge in [0.15, 0.2) is 0 Å². The first-order valence-corrected chi connectivity index (χ1v) is 6.48. The van der Waals surface area contributed by atoms with Gasteiger partial charge in [-0.3, -0.25) is 0 Å². The van der Waals surface area contributed by atoms with E-state index in [1.165, 1.54) is 28.9 Å². The molecule has 84 valence electrons. The Kier molecular flexibility index (Phi) is 4.23. The van der Waals surface area contributed by atoms with Crippen LogP contribution < -0.4 is 0 Å². The van der Waals surface area contributed by atoms with Crippen molar-refractivity contribution in [2.45, 2.75) is 37.0 Å². The smallest absolute Gasteiger partial charge is 0.0319 e. The molecule has 0 aromatic heterocycles. The van der Waals surface area contributed by atoms with Crippen molar-refractivity contribution in [3.63, 3.8) is 0 Å². The predicted octanol–water partition coefficient (Wildman–Crippen LogP) is 3.38. The summed E-state index contributed by atoms with van der Waals surface area (Å²) in [5.41, 5.74) is 3.47. The third-order valence-corrected chi connectivity index (χ3v) is 3.99. The minimum absolute atomic E-state index is 0.516. The molecule has 2 rings (SSSR count). The minimum atomic E-state index is 0.516. The van der Waals surface area contributed by atoms with E-state index in [9.17, 15) is 0 Å². The lowest BCUT2D eigenvalue weighted by atomic mass is 9.97. The summed E-state index contributed by atoms with van der Waals surface area (Å²) in [5.74, 6) is 0. The summed E-state index contributed by atoms with van der Waals surface area (Å²) in [4.78, 5) is 1.41. The number of hydrogen-bond acceptors (Lipinski definition) is 2. The molecular formula is C13H20OS. The molecular weight excluding hydrogens is 204 g/mol. The summed E-state index contributed by atoms with van der Waals surface area (Å²) >= 11 is 1.84. The van der Waals surface area contributed by atoms with Gasteiger partial charge in [0.2, 0.25) is 0 Å². The molecule has 1 nitrogen and oxygen atoms in total. The fraction of sp³-hybridized carbons (Fsp3) is 0.538. The van der Waals surface area contributed by atoms with Gasteiger partial charge in [-0.1, -0.05) is 19.1 Å². The van der Waals surface area contributed by atoms with Gasteiger partial charge in [0.05, 0.1) is 0 Å². The molecule has 0 amide bonds. The normalized spacial score (nSPS) is 16.6. The van der Waals surface area contributed by atoms with Crippen LogP contribution in [-0.4, -0.2) is 18.5 Å². The van der Waals surface area contributed by atoms with Gasteiger partial charge < -0.3 is 5.11 Å². The number of aliphatic hydroxyl groups is 1.